The first kappa shape index (κ1) is 18.9. The van der Waals surface area contributed by atoms with Crippen LogP contribution in [0.15, 0.2) is 54.6 Å². The zero-order valence-corrected chi connectivity index (χ0v) is 14.6. The molecule has 8 heteroatoms. The molecule has 0 unspecified atom stereocenters. The van der Waals surface area contributed by atoms with Gasteiger partial charge in [0.25, 0.3) is 0 Å². The number of hydrogen-bond donors (Lipinski definition) is 2. The molecule has 2 amide bonds. The van der Waals surface area contributed by atoms with E-state index in [1.807, 2.05) is 6.07 Å². The van der Waals surface area contributed by atoms with Crippen molar-refractivity contribution in [1.29, 1.82) is 0 Å². The lowest BCUT2D eigenvalue weighted by Crippen LogP contribution is -2.39. The van der Waals surface area contributed by atoms with Crippen molar-refractivity contribution < 1.29 is 17.6 Å². The van der Waals surface area contributed by atoms with Gasteiger partial charge in [-0.3, -0.25) is 0 Å². The standard InChI is InChI=1S/C17H20FN3O3S/c1-25(23,24)21(13-14-7-5-6-10-16(14)18)12-11-19-17(22)20-15-8-3-2-4-9-15/h2-10H,11-13H2,1H3,(H2,19,20,22). The van der Waals surface area contributed by atoms with Crippen molar-refractivity contribution in [2.45, 2.75) is 6.54 Å². The fraction of sp³-hybridized carbons (Fsp3) is 0.235. The van der Waals surface area contributed by atoms with Crippen LogP contribution in [-0.2, 0) is 16.6 Å². The molecule has 134 valence electrons. The van der Waals surface area contributed by atoms with Crippen molar-refractivity contribution in [3.05, 3.63) is 66.0 Å². The largest absolute Gasteiger partial charge is 0.337 e. The van der Waals surface area contributed by atoms with Gasteiger partial charge in [0.15, 0.2) is 0 Å². The lowest BCUT2D eigenvalue weighted by atomic mass is 10.2. The van der Waals surface area contributed by atoms with E-state index in [4.69, 9.17) is 0 Å². The molecule has 0 heterocycles. The normalized spacial score (nSPS) is 11.3. The number of para-hydroxylation sites is 1. The molecule has 0 aliphatic rings. The highest BCUT2D eigenvalue weighted by Gasteiger charge is 2.18. The number of sulfonamides is 1. The summed E-state index contributed by atoms with van der Waals surface area (Å²) < 4.78 is 38.6. The summed E-state index contributed by atoms with van der Waals surface area (Å²) in [5, 5.41) is 5.22. The van der Waals surface area contributed by atoms with E-state index < -0.39 is 21.9 Å². The number of nitrogens with zero attached hydrogens (tertiary/aromatic N) is 1. The highest BCUT2D eigenvalue weighted by molar-refractivity contribution is 7.88. The third-order valence-electron chi connectivity index (χ3n) is 3.45. The smallest absolute Gasteiger partial charge is 0.319 e. The van der Waals surface area contributed by atoms with Crippen LogP contribution in [-0.4, -0.2) is 38.1 Å². The molecular formula is C17H20FN3O3S. The number of rotatable bonds is 7. The maximum absolute atomic E-state index is 13.7. The topological polar surface area (TPSA) is 78.5 Å². The highest BCUT2D eigenvalue weighted by Crippen LogP contribution is 2.12. The molecule has 0 radical (unpaired) electrons. The Hall–Kier alpha value is -2.45. The number of hydrogen-bond acceptors (Lipinski definition) is 3. The van der Waals surface area contributed by atoms with E-state index in [0.29, 0.717) is 5.69 Å². The fourth-order valence-corrected chi connectivity index (χ4v) is 2.97. The number of nitrogens with one attached hydrogen (secondary N) is 2. The van der Waals surface area contributed by atoms with Gasteiger partial charge in [-0.15, -0.1) is 0 Å². The molecule has 0 atom stereocenters. The van der Waals surface area contributed by atoms with Gasteiger partial charge >= 0.3 is 6.03 Å². The summed E-state index contributed by atoms with van der Waals surface area (Å²) in [5.41, 5.74) is 0.910. The van der Waals surface area contributed by atoms with Crippen molar-refractivity contribution in [1.82, 2.24) is 9.62 Å². The van der Waals surface area contributed by atoms with E-state index in [9.17, 15) is 17.6 Å². The van der Waals surface area contributed by atoms with Crippen LogP contribution >= 0.6 is 0 Å². The molecule has 2 aromatic rings. The molecule has 2 aromatic carbocycles. The number of carbonyl (C=O) groups excluding carboxylic acids is 1. The second kappa shape index (κ2) is 8.59. The van der Waals surface area contributed by atoms with Gasteiger partial charge in [0.1, 0.15) is 5.82 Å². The summed E-state index contributed by atoms with van der Waals surface area (Å²) >= 11 is 0. The minimum Gasteiger partial charge on any atom is -0.337 e. The van der Waals surface area contributed by atoms with Crippen LogP contribution in [0.1, 0.15) is 5.56 Å². The van der Waals surface area contributed by atoms with Gasteiger partial charge in [-0.1, -0.05) is 36.4 Å². The average Bonchev–Trinajstić information content (AvgIpc) is 2.55. The molecule has 25 heavy (non-hydrogen) atoms. The van der Waals surface area contributed by atoms with E-state index in [0.717, 1.165) is 10.6 Å². The SMILES string of the molecule is CS(=O)(=O)N(CCNC(=O)Nc1ccccc1)Cc1ccccc1F. The minimum atomic E-state index is -3.54. The molecule has 0 aliphatic carbocycles. The molecule has 2 N–H and O–H groups in total. The Bertz CT molecular complexity index is 813. The summed E-state index contributed by atoms with van der Waals surface area (Å²) in [4.78, 5) is 11.8. The van der Waals surface area contributed by atoms with E-state index in [-0.39, 0.29) is 25.2 Å². The Morgan fingerprint density at radius 3 is 2.36 bits per heavy atom. The number of benzene rings is 2. The van der Waals surface area contributed by atoms with E-state index in [2.05, 4.69) is 10.6 Å². The third-order valence-corrected chi connectivity index (χ3v) is 4.70. The van der Waals surface area contributed by atoms with E-state index in [1.54, 1.807) is 36.4 Å². The van der Waals surface area contributed by atoms with Gasteiger partial charge in [0.05, 0.1) is 6.26 Å². The summed E-state index contributed by atoms with van der Waals surface area (Å²) in [6.45, 7) is 0.0447. The van der Waals surface area contributed by atoms with Crippen molar-refractivity contribution >= 4 is 21.7 Å². The average molecular weight is 365 g/mol. The summed E-state index contributed by atoms with van der Waals surface area (Å²) in [5.74, 6) is -0.467. The molecule has 0 fully saturated rings. The Morgan fingerprint density at radius 2 is 1.72 bits per heavy atom. The molecule has 2 rings (SSSR count). The summed E-state index contributed by atoms with van der Waals surface area (Å²) in [6, 6.07) is 14.4. The van der Waals surface area contributed by atoms with Crippen molar-refractivity contribution in [2.24, 2.45) is 0 Å². The predicted octanol–water partition coefficient (Wildman–Crippen LogP) is 2.41. The van der Waals surface area contributed by atoms with Gasteiger partial charge < -0.3 is 10.6 Å². The molecule has 0 spiro atoms. The van der Waals surface area contributed by atoms with Crippen LogP contribution in [0.2, 0.25) is 0 Å². The summed E-state index contributed by atoms with van der Waals surface area (Å²) in [6.07, 6.45) is 1.05. The van der Waals surface area contributed by atoms with Crippen LogP contribution in [0.3, 0.4) is 0 Å². The van der Waals surface area contributed by atoms with E-state index in [1.165, 1.54) is 12.1 Å². The predicted molar refractivity (Wildman–Crippen MR) is 95.1 cm³/mol. The van der Waals surface area contributed by atoms with Gasteiger partial charge in [-0.2, -0.15) is 4.31 Å². The number of carbonyl (C=O) groups is 1. The highest BCUT2D eigenvalue weighted by atomic mass is 32.2. The molecule has 0 saturated heterocycles. The number of urea groups is 1. The lowest BCUT2D eigenvalue weighted by Gasteiger charge is -2.20. The lowest BCUT2D eigenvalue weighted by molar-refractivity contribution is 0.251. The molecular weight excluding hydrogens is 345 g/mol. The van der Waals surface area contributed by atoms with Gasteiger partial charge in [-0.05, 0) is 18.2 Å². The first-order valence-electron chi connectivity index (χ1n) is 7.64. The van der Waals surface area contributed by atoms with Crippen LogP contribution in [0.5, 0.6) is 0 Å². The second-order valence-corrected chi connectivity index (χ2v) is 7.42. The van der Waals surface area contributed by atoms with Crippen molar-refractivity contribution in [3.63, 3.8) is 0 Å². The molecule has 0 bridgehead atoms. The second-order valence-electron chi connectivity index (χ2n) is 5.43. The van der Waals surface area contributed by atoms with Crippen LogP contribution in [0, 0.1) is 5.82 Å². The Labute approximate surface area is 146 Å². The maximum atomic E-state index is 13.7. The number of halogens is 1. The Kier molecular flexibility index (Phi) is 6.49. The van der Waals surface area contributed by atoms with Crippen LogP contribution < -0.4 is 10.6 Å². The first-order chi connectivity index (χ1) is 11.9. The van der Waals surface area contributed by atoms with Gasteiger partial charge in [-0.25, -0.2) is 17.6 Å². The Morgan fingerprint density at radius 1 is 1.08 bits per heavy atom. The minimum absolute atomic E-state index is 0.0371. The zero-order chi connectivity index (χ0) is 18.3. The van der Waals surface area contributed by atoms with Crippen LogP contribution in [0.25, 0.3) is 0 Å². The molecule has 0 saturated carbocycles. The zero-order valence-electron chi connectivity index (χ0n) is 13.8. The van der Waals surface area contributed by atoms with Gasteiger partial charge in [0, 0.05) is 30.9 Å². The number of anilines is 1. The number of amides is 2. The fourth-order valence-electron chi connectivity index (χ4n) is 2.17. The summed E-state index contributed by atoms with van der Waals surface area (Å²) in [7, 11) is -3.54. The van der Waals surface area contributed by atoms with Gasteiger partial charge in [0.2, 0.25) is 10.0 Å². The molecule has 0 aromatic heterocycles. The third kappa shape index (κ3) is 6.17. The van der Waals surface area contributed by atoms with Crippen molar-refractivity contribution in [2.75, 3.05) is 24.7 Å². The Balaban J connectivity index is 1.90. The first-order valence-corrected chi connectivity index (χ1v) is 9.49. The van der Waals surface area contributed by atoms with Crippen LogP contribution in [0.4, 0.5) is 14.9 Å². The van der Waals surface area contributed by atoms with E-state index >= 15 is 0 Å². The maximum Gasteiger partial charge on any atom is 0.319 e. The van der Waals surface area contributed by atoms with Crippen molar-refractivity contribution in [3.8, 4) is 0 Å². The quantitative estimate of drug-likeness (QED) is 0.791. The molecule has 0 aliphatic heterocycles. The molecule has 6 nitrogen and oxygen atoms in total. The monoisotopic (exact) mass is 365 g/mol.